The standard InChI is InChI=1S/C10H9ClN2O2/c1-6(14)4-9-12-10(11)8-5-7(15)2-3-13(8)9/h2-3,5,15H,4H2,1H3. The number of aromatic hydroxyl groups is 1. The van der Waals surface area contributed by atoms with E-state index >= 15 is 0 Å². The lowest BCUT2D eigenvalue weighted by Crippen LogP contribution is -2.01. The molecule has 0 fully saturated rings. The van der Waals surface area contributed by atoms with Crippen LogP contribution in [0.3, 0.4) is 0 Å². The van der Waals surface area contributed by atoms with Gasteiger partial charge in [-0.1, -0.05) is 11.6 Å². The minimum atomic E-state index is 0.0200. The van der Waals surface area contributed by atoms with E-state index in [4.69, 9.17) is 11.6 Å². The van der Waals surface area contributed by atoms with Crippen LogP contribution in [0.4, 0.5) is 0 Å². The second kappa shape index (κ2) is 3.55. The monoisotopic (exact) mass is 224 g/mol. The SMILES string of the molecule is CC(=O)Cc1nc(Cl)c2cc(O)ccn12. The van der Waals surface area contributed by atoms with Crippen molar-refractivity contribution in [2.45, 2.75) is 13.3 Å². The van der Waals surface area contributed by atoms with E-state index < -0.39 is 0 Å². The van der Waals surface area contributed by atoms with Crippen LogP contribution in [0.15, 0.2) is 18.3 Å². The summed E-state index contributed by atoms with van der Waals surface area (Å²) in [4.78, 5) is 15.1. The minimum absolute atomic E-state index is 0.0200. The first-order valence-electron chi connectivity index (χ1n) is 4.43. The molecule has 4 nitrogen and oxygen atoms in total. The summed E-state index contributed by atoms with van der Waals surface area (Å²) in [6.45, 7) is 1.50. The number of rotatable bonds is 2. The summed E-state index contributed by atoms with van der Waals surface area (Å²) in [5.41, 5.74) is 0.605. The van der Waals surface area contributed by atoms with E-state index in [1.165, 1.54) is 19.1 Å². The van der Waals surface area contributed by atoms with Gasteiger partial charge in [-0.05, 0) is 13.0 Å². The average Bonchev–Trinajstić information content (AvgIpc) is 2.42. The molecule has 0 spiro atoms. The molecule has 1 N–H and O–H groups in total. The highest BCUT2D eigenvalue weighted by atomic mass is 35.5. The van der Waals surface area contributed by atoms with E-state index in [-0.39, 0.29) is 18.0 Å². The molecule has 0 saturated heterocycles. The number of hydrogen-bond donors (Lipinski definition) is 1. The fourth-order valence-electron chi connectivity index (χ4n) is 1.44. The maximum Gasteiger partial charge on any atom is 0.155 e. The third kappa shape index (κ3) is 1.80. The van der Waals surface area contributed by atoms with Gasteiger partial charge in [0.1, 0.15) is 17.4 Å². The zero-order chi connectivity index (χ0) is 11.0. The van der Waals surface area contributed by atoms with E-state index in [2.05, 4.69) is 4.98 Å². The summed E-state index contributed by atoms with van der Waals surface area (Å²) in [7, 11) is 0. The van der Waals surface area contributed by atoms with Crippen molar-refractivity contribution in [1.29, 1.82) is 0 Å². The van der Waals surface area contributed by atoms with Gasteiger partial charge < -0.3 is 9.51 Å². The van der Waals surface area contributed by atoms with Crippen molar-refractivity contribution in [1.82, 2.24) is 9.38 Å². The Bertz CT molecular complexity index is 533. The van der Waals surface area contributed by atoms with Crippen LogP contribution >= 0.6 is 11.6 Å². The normalized spacial score (nSPS) is 10.8. The van der Waals surface area contributed by atoms with Crippen molar-refractivity contribution in [3.8, 4) is 5.75 Å². The van der Waals surface area contributed by atoms with Gasteiger partial charge in [-0.3, -0.25) is 4.79 Å². The predicted octanol–water partition coefficient (Wildman–Crippen LogP) is 1.82. The van der Waals surface area contributed by atoms with Crippen LogP contribution in [-0.2, 0) is 11.2 Å². The number of pyridine rings is 1. The van der Waals surface area contributed by atoms with Crippen LogP contribution in [0, 0.1) is 0 Å². The van der Waals surface area contributed by atoms with Crippen molar-refractivity contribution < 1.29 is 9.90 Å². The van der Waals surface area contributed by atoms with Crippen LogP contribution in [0.5, 0.6) is 5.75 Å². The Morgan fingerprint density at radius 3 is 3.07 bits per heavy atom. The molecule has 0 aliphatic carbocycles. The summed E-state index contributed by atoms with van der Waals surface area (Å²) >= 11 is 5.88. The number of imidazole rings is 1. The molecular weight excluding hydrogens is 216 g/mol. The number of Topliss-reactive ketones (excluding diaryl/α,β-unsaturated/α-hetero) is 1. The smallest absolute Gasteiger partial charge is 0.155 e. The summed E-state index contributed by atoms with van der Waals surface area (Å²) in [6, 6.07) is 3.04. The Morgan fingerprint density at radius 2 is 2.40 bits per heavy atom. The molecule has 0 saturated carbocycles. The average molecular weight is 225 g/mol. The molecule has 0 aliphatic heterocycles. The fourth-order valence-corrected chi connectivity index (χ4v) is 1.69. The molecule has 0 unspecified atom stereocenters. The van der Waals surface area contributed by atoms with E-state index in [0.717, 1.165) is 0 Å². The third-order valence-corrected chi connectivity index (χ3v) is 2.34. The van der Waals surface area contributed by atoms with Crippen LogP contribution in [0.1, 0.15) is 12.7 Å². The molecule has 0 bridgehead atoms. The van der Waals surface area contributed by atoms with Crippen molar-refractivity contribution in [2.24, 2.45) is 0 Å². The van der Waals surface area contributed by atoms with Crippen molar-refractivity contribution in [3.05, 3.63) is 29.3 Å². The lowest BCUT2D eigenvalue weighted by atomic mass is 10.3. The van der Waals surface area contributed by atoms with Gasteiger partial charge in [0.2, 0.25) is 0 Å². The molecule has 0 amide bonds. The number of halogens is 1. The molecular formula is C10H9ClN2O2. The number of nitrogens with zero attached hydrogens (tertiary/aromatic N) is 2. The Kier molecular flexibility index (Phi) is 2.36. The number of carbonyl (C=O) groups is 1. The highest BCUT2D eigenvalue weighted by Crippen LogP contribution is 2.22. The number of hydrogen-bond acceptors (Lipinski definition) is 3. The van der Waals surface area contributed by atoms with Crippen LogP contribution < -0.4 is 0 Å². The lowest BCUT2D eigenvalue weighted by molar-refractivity contribution is -0.116. The Hall–Kier alpha value is -1.55. The van der Waals surface area contributed by atoms with Gasteiger partial charge in [0.25, 0.3) is 0 Å². The van der Waals surface area contributed by atoms with Gasteiger partial charge in [0.15, 0.2) is 5.15 Å². The Morgan fingerprint density at radius 1 is 1.67 bits per heavy atom. The molecule has 0 aliphatic rings. The Labute approximate surface area is 91.1 Å². The van der Waals surface area contributed by atoms with Crippen LogP contribution in [-0.4, -0.2) is 20.3 Å². The van der Waals surface area contributed by atoms with E-state index in [1.807, 2.05) is 0 Å². The molecule has 0 radical (unpaired) electrons. The van der Waals surface area contributed by atoms with Gasteiger partial charge in [0.05, 0.1) is 11.9 Å². The van der Waals surface area contributed by atoms with Gasteiger partial charge in [-0.15, -0.1) is 0 Å². The molecule has 2 heterocycles. The Balaban J connectivity index is 2.62. The van der Waals surface area contributed by atoms with E-state index in [0.29, 0.717) is 16.5 Å². The van der Waals surface area contributed by atoms with E-state index in [1.54, 1.807) is 10.6 Å². The highest BCUT2D eigenvalue weighted by Gasteiger charge is 2.11. The van der Waals surface area contributed by atoms with Gasteiger partial charge in [-0.25, -0.2) is 4.98 Å². The number of aromatic nitrogens is 2. The minimum Gasteiger partial charge on any atom is -0.508 e. The summed E-state index contributed by atoms with van der Waals surface area (Å²) in [5, 5.41) is 9.57. The zero-order valence-electron chi connectivity index (χ0n) is 8.07. The van der Waals surface area contributed by atoms with Crippen LogP contribution in [0.2, 0.25) is 5.15 Å². The maximum absolute atomic E-state index is 11.0. The molecule has 2 rings (SSSR count). The van der Waals surface area contributed by atoms with Crippen molar-refractivity contribution in [2.75, 3.05) is 0 Å². The second-order valence-corrected chi connectivity index (χ2v) is 3.70. The molecule has 2 aromatic rings. The maximum atomic E-state index is 11.0. The number of fused-ring (bicyclic) bond motifs is 1. The van der Waals surface area contributed by atoms with Gasteiger partial charge in [0, 0.05) is 12.3 Å². The zero-order valence-corrected chi connectivity index (χ0v) is 8.82. The third-order valence-electron chi connectivity index (χ3n) is 2.06. The quantitative estimate of drug-likeness (QED) is 0.847. The van der Waals surface area contributed by atoms with Gasteiger partial charge >= 0.3 is 0 Å². The van der Waals surface area contributed by atoms with Crippen molar-refractivity contribution >= 4 is 22.9 Å². The molecule has 0 aromatic carbocycles. The lowest BCUT2D eigenvalue weighted by Gasteiger charge is -1.98. The van der Waals surface area contributed by atoms with Crippen molar-refractivity contribution in [3.63, 3.8) is 0 Å². The summed E-state index contributed by atoms with van der Waals surface area (Å²) in [6.07, 6.45) is 1.88. The molecule has 2 aromatic heterocycles. The summed E-state index contributed by atoms with van der Waals surface area (Å²) in [5.74, 6) is 0.729. The molecule has 0 atom stereocenters. The molecule has 15 heavy (non-hydrogen) atoms. The second-order valence-electron chi connectivity index (χ2n) is 3.34. The number of carbonyl (C=O) groups excluding carboxylic acids is 1. The first-order chi connectivity index (χ1) is 7.08. The number of ketones is 1. The largest absolute Gasteiger partial charge is 0.508 e. The summed E-state index contributed by atoms with van der Waals surface area (Å²) < 4.78 is 1.70. The molecule has 5 heteroatoms. The molecule has 78 valence electrons. The van der Waals surface area contributed by atoms with Crippen LogP contribution in [0.25, 0.3) is 5.52 Å². The van der Waals surface area contributed by atoms with Gasteiger partial charge in [-0.2, -0.15) is 0 Å². The highest BCUT2D eigenvalue weighted by molar-refractivity contribution is 6.32. The topological polar surface area (TPSA) is 54.6 Å². The fraction of sp³-hybridized carbons (Fsp3) is 0.200. The van der Waals surface area contributed by atoms with E-state index in [9.17, 15) is 9.90 Å². The first kappa shape index (κ1) is 9.98. The first-order valence-corrected chi connectivity index (χ1v) is 4.80. The predicted molar refractivity (Wildman–Crippen MR) is 56.3 cm³/mol.